The number of nitrogens with zero attached hydrogens (tertiary/aromatic N) is 1. The van der Waals surface area contributed by atoms with E-state index < -0.39 is 5.41 Å². The molecule has 0 unspecified atom stereocenters. The van der Waals surface area contributed by atoms with Gasteiger partial charge in [-0.15, -0.1) is 0 Å². The second-order valence-electron chi connectivity index (χ2n) is 7.72. The van der Waals surface area contributed by atoms with Crippen molar-refractivity contribution in [2.45, 2.75) is 31.1 Å². The predicted molar refractivity (Wildman–Crippen MR) is 120 cm³/mol. The zero-order chi connectivity index (χ0) is 21.7. The van der Waals surface area contributed by atoms with Crippen LogP contribution in [-0.2, 0) is 10.2 Å². The van der Waals surface area contributed by atoms with Crippen molar-refractivity contribution < 1.29 is 14.3 Å². The van der Waals surface area contributed by atoms with Crippen molar-refractivity contribution in [1.29, 1.82) is 0 Å². The zero-order valence-corrected chi connectivity index (χ0v) is 17.4. The number of pyridine rings is 1. The largest absolute Gasteiger partial charge is 0.494 e. The molecule has 0 spiro atoms. The molecule has 1 fully saturated rings. The van der Waals surface area contributed by atoms with Gasteiger partial charge in [-0.2, -0.15) is 0 Å². The molecule has 2 amide bonds. The highest BCUT2D eigenvalue weighted by molar-refractivity contribution is 6.05. The third-order valence-corrected chi connectivity index (χ3v) is 5.85. The summed E-state index contributed by atoms with van der Waals surface area (Å²) in [5, 5.41) is 5.90. The van der Waals surface area contributed by atoms with Gasteiger partial charge < -0.3 is 15.4 Å². The average molecular weight is 415 g/mol. The van der Waals surface area contributed by atoms with Crippen LogP contribution in [-0.4, -0.2) is 23.9 Å². The highest BCUT2D eigenvalue weighted by Gasteiger charge is 2.42. The summed E-state index contributed by atoms with van der Waals surface area (Å²) in [4.78, 5) is 29.8. The molecular weight excluding hydrogens is 390 g/mol. The van der Waals surface area contributed by atoms with Gasteiger partial charge in [-0.25, -0.2) is 0 Å². The summed E-state index contributed by atoms with van der Waals surface area (Å²) in [6.45, 7) is 0. The van der Waals surface area contributed by atoms with E-state index in [2.05, 4.69) is 15.6 Å². The minimum absolute atomic E-state index is 0.00889. The van der Waals surface area contributed by atoms with Crippen LogP contribution in [0.25, 0.3) is 0 Å². The summed E-state index contributed by atoms with van der Waals surface area (Å²) in [6, 6.07) is 18.6. The lowest BCUT2D eigenvalue weighted by atomic mass is 9.78. The van der Waals surface area contributed by atoms with Gasteiger partial charge in [0.2, 0.25) is 5.91 Å². The highest BCUT2D eigenvalue weighted by atomic mass is 16.5. The first kappa shape index (κ1) is 20.6. The molecule has 0 aliphatic heterocycles. The molecule has 0 atom stereocenters. The molecule has 4 rings (SSSR count). The standard InChI is InChI=1S/C25H25N3O3/c1-31-22-16-20(11-12-21(22)28-23(29)18-8-7-15-26-17-18)27-24(30)25(13-5-6-14-25)19-9-3-2-4-10-19/h2-4,7-12,15-17H,5-6,13-14H2,1H3,(H,27,30)(H,28,29). The van der Waals surface area contributed by atoms with Gasteiger partial charge >= 0.3 is 0 Å². The van der Waals surface area contributed by atoms with Crippen LogP contribution in [0.15, 0.2) is 73.1 Å². The molecule has 31 heavy (non-hydrogen) atoms. The number of ether oxygens (including phenoxy) is 1. The van der Waals surface area contributed by atoms with Gasteiger partial charge in [-0.3, -0.25) is 14.6 Å². The number of amides is 2. The summed E-state index contributed by atoms with van der Waals surface area (Å²) in [7, 11) is 1.53. The van der Waals surface area contributed by atoms with Crippen LogP contribution in [0.1, 0.15) is 41.6 Å². The van der Waals surface area contributed by atoms with E-state index in [-0.39, 0.29) is 11.8 Å². The molecule has 3 aromatic rings. The lowest BCUT2D eigenvalue weighted by molar-refractivity contribution is -0.121. The Bertz CT molecular complexity index is 1060. The number of carbonyl (C=O) groups is 2. The van der Waals surface area contributed by atoms with E-state index in [9.17, 15) is 9.59 Å². The predicted octanol–water partition coefficient (Wildman–Crippen LogP) is 4.79. The van der Waals surface area contributed by atoms with Crippen molar-refractivity contribution in [3.63, 3.8) is 0 Å². The number of anilines is 2. The molecule has 0 radical (unpaired) electrons. The monoisotopic (exact) mass is 415 g/mol. The Hall–Kier alpha value is -3.67. The fraction of sp³-hybridized carbons (Fsp3) is 0.240. The summed E-state index contributed by atoms with van der Waals surface area (Å²) >= 11 is 0. The number of hydrogen-bond acceptors (Lipinski definition) is 4. The van der Waals surface area contributed by atoms with Crippen LogP contribution >= 0.6 is 0 Å². The van der Waals surface area contributed by atoms with E-state index in [0.29, 0.717) is 22.7 Å². The number of methoxy groups -OCH3 is 1. The maximum atomic E-state index is 13.4. The smallest absolute Gasteiger partial charge is 0.257 e. The zero-order valence-electron chi connectivity index (χ0n) is 17.4. The topological polar surface area (TPSA) is 80.3 Å². The molecule has 1 aliphatic rings. The molecule has 0 saturated heterocycles. The summed E-state index contributed by atoms with van der Waals surface area (Å²) in [5.74, 6) is 0.179. The van der Waals surface area contributed by atoms with Gasteiger partial charge in [-0.1, -0.05) is 43.2 Å². The van der Waals surface area contributed by atoms with Gasteiger partial charge in [0.25, 0.3) is 5.91 Å². The van der Waals surface area contributed by atoms with E-state index >= 15 is 0 Å². The minimum Gasteiger partial charge on any atom is -0.494 e. The van der Waals surface area contributed by atoms with Gasteiger partial charge in [-0.05, 0) is 42.7 Å². The number of rotatable bonds is 6. The van der Waals surface area contributed by atoms with Crippen LogP contribution in [0.3, 0.4) is 0 Å². The van der Waals surface area contributed by atoms with Crippen LogP contribution in [0, 0.1) is 0 Å². The Labute approximate surface area is 181 Å². The average Bonchev–Trinajstić information content (AvgIpc) is 3.32. The van der Waals surface area contributed by atoms with Crippen molar-refractivity contribution in [2.75, 3.05) is 17.7 Å². The number of aromatic nitrogens is 1. The Morgan fingerprint density at radius 2 is 1.74 bits per heavy atom. The molecule has 2 N–H and O–H groups in total. The van der Waals surface area contributed by atoms with E-state index in [4.69, 9.17) is 4.74 Å². The molecule has 1 aromatic heterocycles. The number of benzene rings is 2. The quantitative estimate of drug-likeness (QED) is 0.606. The third kappa shape index (κ3) is 4.28. The Morgan fingerprint density at radius 1 is 0.968 bits per heavy atom. The third-order valence-electron chi connectivity index (χ3n) is 5.85. The second-order valence-corrected chi connectivity index (χ2v) is 7.72. The van der Waals surface area contributed by atoms with Crippen molar-refractivity contribution >= 4 is 23.2 Å². The highest BCUT2D eigenvalue weighted by Crippen LogP contribution is 2.42. The van der Waals surface area contributed by atoms with E-state index in [1.807, 2.05) is 30.3 Å². The van der Waals surface area contributed by atoms with E-state index in [0.717, 1.165) is 31.2 Å². The van der Waals surface area contributed by atoms with Crippen molar-refractivity contribution in [3.05, 3.63) is 84.2 Å². The number of nitrogens with one attached hydrogen (secondary N) is 2. The molecule has 1 heterocycles. The lowest BCUT2D eigenvalue weighted by Crippen LogP contribution is -2.37. The van der Waals surface area contributed by atoms with Crippen molar-refractivity contribution in [2.24, 2.45) is 0 Å². The Balaban J connectivity index is 1.54. The second kappa shape index (κ2) is 9.00. The summed E-state index contributed by atoms with van der Waals surface area (Å²) in [5.41, 5.74) is 2.14. The summed E-state index contributed by atoms with van der Waals surface area (Å²) < 4.78 is 5.46. The Morgan fingerprint density at radius 3 is 2.42 bits per heavy atom. The van der Waals surface area contributed by atoms with Crippen LogP contribution in [0.4, 0.5) is 11.4 Å². The molecule has 6 nitrogen and oxygen atoms in total. The Kier molecular flexibility index (Phi) is 5.98. The summed E-state index contributed by atoms with van der Waals surface area (Å²) in [6.07, 6.45) is 6.84. The number of carbonyl (C=O) groups excluding carboxylic acids is 2. The first-order valence-corrected chi connectivity index (χ1v) is 10.4. The molecule has 6 heteroatoms. The normalized spacial score (nSPS) is 14.6. The fourth-order valence-corrected chi connectivity index (χ4v) is 4.20. The molecule has 0 bridgehead atoms. The molecular formula is C25H25N3O3. The molecule has 1 aliphatic carbocycles. The maximum Gasteiger partial charge on any atom is 0.257 e. The maximum absolute atomic E-state index is 13.4. The van der Waals surface area contributed by atoms with Crippen LogP contribution < -0.4 is 15.4 Å². The lowest BCUT2D eigenvalue weighted by Gasteiger charge is -2.28. The van der Waals surface area contributed by atoms with Crippen LogP contribution in [0.5, 0.6) is 5.75 Å². The van der Waals surface area contributed by atoms with Gasteiger partial charge in [0.1, 0.15) is 5.75 Å². The van der Waals surface area contributed by atoms with Crippen molar-refractivity contribution in [3.8, 4) is 5.75 Å². The first-order chi connectivity index (χ1) is 15.1. The fourth-order valence-electron chi connectivity index (χ4n) is 4.20. The van der Waals surface area contributed by atoms with E-state index in [1.165, 1.54) is 13.3 Å². The minimum atomic E-state index is -0.512. The van der Waals surface area contributed by atoms with E-state index in [1.54, 1.807) is 36.5 Å². The van der Waals surface area contributed by atoms with Gasteiger partial charge in [0.15, 0.2) is 0 Å². The molecule has 2 aromatic carbocycles. The van der Waals surface area contributed by atoms with Gasteiger partial charge in [0, 0.05) is 24.1 Å². The first-order valence-electron chi connectivity index (χ1n) is 10.4. The van der Waals surface area contributed by atoms with Crippen molar-refractivity contribution in [1.82, 2.24) is 4.98 Å². The van der Waals surface area contributed by atoms with Gasteiger partial charge in [0.05, 0.1) is 23.8 Å². The SMILES string of the molecule is COc1cc(NC(=O)C2(c3ccccc3)CCCC2)ccc1NC(=O)c1cccnc1. The number of hydrogen-bond donors (Lipinski definition) is 2. The molecule has 1 saturated carbocycles. The van der Waals surface area contributed by atoms with Crippen LogP contribution in [0.2, 0.25) is 0 Å². The molecule has 158 valence electrons.